The number of carbonyl (C=O) groups is 5. The molecule has 448 valence electrons. The van der Waals surface area contributed by atoms with Crippen LogP contribution in [-0.4, -0.2) is 161 Å². The molecule has 0 spiro atoms. The lowest BCUT2D eigenvalue weighted by molar-refractivity contribution is -0.118. The van der Waals surface area contributed by atoms with Crippen LogP contribution in [0.5, 0.6) is 0 Å². The summed E-state index contributed by atoms with van der Waals surface area (Å²) in [5, 5.41) is 26.4. The van der Waals surface area contributed by atoms with Gasteiger partial charge in [-0.05, 0) is 173 Å². The molecule has 7 aliphatic rings. The molecule has 20 nitrogen and oxygen atoms in total. The molecule has 0 bridgehead atoms. The number of hydrogen-bond donors (Lipinski definition) is 7. The SMILES string of the molecule is CNC(=O)c1ccc(N2CCCCC2)c(C)c1.CNC(=O)c1ccc(N2CCN(Cc3cnc4c(c3)NC(=O)[C@@H]3CCCCN43)CC2)c(C)c1.CNC(=O)c1ccc(N2CCNCC2)c(C)c1.O=C1Nc2cc(CO)cnc2N2CCCC[C@@H]12. The molecule has 2 atom stereocenters. The van der Waals surface area contributed by atoms with Crippen molar-refractivity contribution in [2.45, 2.75) is 104 Å². The summed E-state index contributed by atoms with van der Waals surface area (Å²) in [6.45, 7) is 18.9. The molecule has 3 aromatic carbocycles. The lowest BCUT2D eigenvalue weighted by Crippen LogP contribution is -2.51. The molecule has 0 aliphatic carbocycles. The van der Waals surface area contributed by atoms with Gasteiger partial charge in [-0.3, -0.25) is 28.9 Å². The van der Waals surface area contributed by atoms with Gasteiger partial charge < -0.3 is 61.5 Å². The molecule has 20 heteroatoms. The molecule has 0 radical (unpaired) electrons. The molecule has 9 heterocycles. The van der Waals surface area contributed by atoms with Crippen molar-refractivity contribution in [1.29, 1.82) is 0 Å². The molecule has 0 unspecified atom stereocenters. The summed E-state index contributed by atoms with van der Waals surface area (Å²) < 4.78 is 0. The van der Waals surface area contributed by atoms with Crippen molar-refractivity contribution in [3.05, 3.63) is 124 Å². The highest BCUT2D eigenvalue weighted by molar-refractivity contribution is 6.04. The maximum absolute atomic E-state index is 12.5. The fourth-order valence-electron chi connectivity index (χ4n) is 12.5. The van der Waals surface area contributed by atoms with Crippen LogP contribution in [0.3, 0.4) is 0 Å². The van der Waals surface area contributed by atoms with Gasteiger partial charge in [-0.2, -0.15) is 0 Å². The van der Waals surface area contributed by atoms with Gasteiger partial charge in [0.2, 0.25) is 11.8 Å². The van der Waals surface area contributed by atoms with Gasteiger partial charge in [0.15, 0.2) is 11.6 Å². The van der Waals surface area contributed by atoms with Crippen molar-refractivity contribution in [3.8, 4) is 0 Å². The number of hydrogen-bond acceptors (Lipinski definition) is 15. The molecule has 5 amide bonds. The van der Waals surface area contributed by atoms with E-state index in [0.29, 0.717) is 5.56 Å². The summed E-state index contributed by atoms with van der Waals surface area (Å²) in [5.41, 5.74) is 12.8. The summed E-state index contributed by atoms with van der Waals surface area (Å²) in [7, 11) is 4.97. The number of carbonyl (C=O) groups excluding carboxylic acids is 5. The largest absolute Gasteiger partial charge is 0.392 e. The Balaban J connectivity index is 0.000000142. The molecule has 7 aliphatic heterocycles. The Labute approximate surface area is 495 Å². The summed E-state index contributed by atoms with van der Waals surface area (Å²) in [4.78, 5) is 82.4. The normalized spacial score (nSPS) is 19.1. The van der Waals surface area contributed by atoms with Crippen LogP contribution in [0.25, 0.3) is 0 Å². The van der Waals surface area contributed by atoms with Crippen LogP contribution in [0.1, 0.15) is 117 Å². The number of benzene rings is 3. The lowest BCUT2D eigenvalue weighted by Gasteiger charge is -2.40. The van der Waals surface area contributed by atoms with Gasteiger partial charge in [0.05, 0.1) is 18.0 Å². The van der Waals surface area contributed by atoms with E-state index in [9.17, 15) is 24.0 Å². The van der Waals surface area contributed by atoms with Crippen molar-refractivity contribution >= 4 is 69.6 Å². The van der Waals surface area contributed by atoms with Crippen molar-refractivity contribution in [1.82, 2.24) is 36.1 Å². The second-order valence-corrected chi connectivity index (χ2v) is 22.8. The Morgan fingerprint density at radius 1 is 0.512 bits per heavy atom. The van der Waals surface area contributed by atoms with E-state index in [0.717, 1.165) is 180 Å². The number of nitrogens with zero attached hydrogens (tertiary/aromatic N) is 8. The summed E-state index contributed by atoms with van der Waals surface area (Å²) >= 11 is 0. The van der Waals surface area contributed by atoms with Crippen LogP contribution in [0.2, 0.25) is 0 Å². The molecule has 0 saturated carbocycles. The fraction of sp³-hybridized carbons (Fsp3) is 0.484. The third-order valence-corrected chi connectivity index (χ3v) is 17.0. The van der Waals surface area contributed by atoms with Crippen LogP contribution in [0.4, 0.5) is 40.1 Å². The van der Waals surface area contributed by atoms with Crippen LogP contribution in [0.15, 0.2) is 79.1 Å². The van der Waals surface area contributed by atoms with Gasteiger partial charge in [-0.1, -0.05) is 0 Å². The lowest BCUT2D eigenvalue weighted by atomic mass is 9.99. The molecule has 5 saturated heterocycles. The number of fused-ring (bicyclic) bond motifs is 6. The van der Waals surface area contributed by atoms with E-state index in [1.54, 1.807) is 33.4 Å². The highest BCUT2D eigenvalue weighted by atomic mass is 16.3. The van der Waals surface area contributed by atoms with Gasteiger partial charge in [0.25, 0.3) is 17.7 Å². The van der Waals surface area contributed by atoms with Gasteiger partial charge in [0.1, 0.15) is 12.1 Å². The number of anilines is 7. The minimum absolute atomic E-state index is 0.0155. The number of aromatic nitrogens is 2. The fourth-order valence-corrected chi connectivity index (χ4v) is 12.5. The molecule has 5 fully saturated rings. The zero-order valence-corrected chi connectivity index (χ0v) is 50.0. The van der Waals surface area contributed by atoms with Crippen molar-refractivity contribution in [3.63, 3.8) is 0 Å². The predicted molar refractivity (Wildman–Crippen MR) is 334 cm³/mol. The average molecular weight is 1150 g/mol. The zero-order valence-electron chi connectivity index (χ0n) is 50.0. The van der Waals surface area contributed by atoms with Crippen molar-refractivity contribution in [2.75, 3.05) is 135 Å². The van der Waals surface area contributed by atoms with Gasteiger partial charge >= 0.3 is 0 Å². The van der Waals surface area contributed by atoms with E-state index in [2.05, 4.69) is 105 Å². The second kappa shape index (κ2) is 28.6. The molecule has 7 N–H and O–H groups in total. The minimum Gasteiger partial charge on any atom is -0.392 e. The number of piperidine rings is 3. The molecular formula is C64H86N14O6. The monoisotopic (exact) mass is 1150 g/mol. The Bertz CT molecular complexity index is 3060. The first kappa shape index (κ1) is 60.8. The number of aliphatic hydroxyl groups excluding tert-OH is 1. The number of amides is 5. The second-order valence-electron chi connectivity index (χ2n) is 22.8. The Morgan fingerprint density at radius 3 is 1.35 bits per heavy atom. The third kappa shape index (κ3) is 14.6. The zero-order chi connectivity index (χ0) is 59.3. The number of piperazine rings is 2. The van der Waals surface area contributed by atoms with Gasteiger partial charge in [-0.25, -0.2) is 9.97 Å². The van der Waals surface area contributed by atoms with Crippen molar-refractivity contribution in [2.24, 2.45) is 0 Å². The highest BCUT2D eigenvalue weighted by Gasteiger charge is 2.37. The predicted octanol–water partition coefficient (Wildman–Crippen LogP) is 6.38. The Hall–Kier alpha value is -7.81. The number of pyridine rings is 2. The van der Waals surface area contributed by atoms with E-state index < -0.39 is 0 Å². The summed E-state index contributed by atoms with van der Waals surface area (Å²) in [6.07, 6.45) is 13.8. The Morgan fingerprint density at radius 2 is 0.917 bits per heavy atom. The number of nitrogens with one attached hydrogen (secondary N) is 6. The van der Waals surface area contributed by atoms with E-state index in [1.165, 1.54) is 41.9 Å². The van der Waals surface area contributed by atoms with E-state index in [1.807, 2.05) is 48.7 Å². The average Bonchev–Trinajstić information content (AvgIpc) is 3.54. The van der Waals surface area contributed by atoms with Crippen LogP contribution in [0, 0.1) is 20.8 Å². The number of rotatable bonds is 9. The number of aliphatic hydroxyl groups is 1. The van der Waals surface area contributed by atoms with Gasteiger partial charge in [0, 0.05) is 152 Å². The quantitative estimate of drug-likeness (QED) is 0.0852. The smallest absolute Gasteiger partial charge is 0.251 e. The minimum atomic E-state index is -0.0660. The Kier molecular flexibility index (Phi) is 20.7. The van der Waals surface area contributed by atoms with Crippen LogP contribution < -0.4 is 56.4 Å². The molecule has 5 aromatic rings. The van der Waals surface area contributed by atoms with E-state index >= 15 is 0 Å². The maximum atomic E-state index is 12.5. The van der Waals surface area contributed by atoms with Crippen LogP contribution in [-0.2, 0) is 22.7 Å². The summed E-state index contributed by atoms with van der Waals surface area (Å²) in [6, 6.07) is 21.5. The molecular weight excluding hydrogens is 1060 g/mol. The first-order valence-electron chi connectivity index (χ1n) is 30.2. The molecule has 12 rings (SSSR count). The first-order chi connectivity index (χ1) is 40.8. The summed E-state index contributed by atoms with van der Waals surface area (Å²) in [5.74, 6) is 1.81. The van der Waals surface area contributed by atoms with Crippen molar-refractivity contribution < 1.29 is 29.1 Å². The third-order valence-electron chi connectivity index (χ3n) is 17.0. The van der Waals surface area contributed by atoms with E-state index in [-0.39, 0.29) is 48.2 Å². The number of aryl methyl sites for hydroxylation is 3. The molecule has 84 heavy (non-hydrogen) atoms. The van der Waals surface area contributed by atoms with Gasteiger partial charge in [-0.15, -0.1) is 0 Å². The van der Waals surface area contributed by atoms with E-state index in [4.69, 9.17) is 10.1 Å². The highest BCUT2D eigenvalue weighted by Crippen LogP contribution is 2.37. The topological polar surface area (TPSA) is 223 Å². The first-order valence-corrected chi connectivity index (χ1v) is 30.2. The molecule has 2 aromatic heterocycles. The van der Waals surface area contributed by atoms with Crippen LogP contribution >= 0.6 is 0 Å². The maximum Gasteiger partial charge on any atom is 0.251 e. The standard InChI is InChI=1S/C25H32N6O2.C14H20N2O.C13H19N3O.C12H15N3O2/c1-17-13-19(24(32)26-2)6-7-21(17)30-11-9-29(10-12-30)16-18-14-20-23(27-15-18)31-8-4-3-5-22(31)25(33)28-20;1-11-10-12(14(17)15-2)6-7-13(11)16-8-4-3-5-9-16;1-10-9-11(13(17)14-2)3-4-12(10)16-7-5-15-6-8-16;16-7-8-5-9-11(13-6-8)15-4-2-1-3-10(15)12(17)14-9/h6-7,13-15,22H,3-5,8-12,16H2,1-2H3,(H,26,32)(H,28,33);6-7,10H,3-5,8-9H2,1-2H3,(H,15,17);3-4,9,15H,5-8H2,1-2H3,(H,14,17);5-6,10,16H,1-4,7H2,(H,14,17)/t22-;;;10-/m0..0/s1.